The third-order valence-electron chi connectivity index (χ3n) is 8.36. The van der Waals surface area contributed by atoms with Gasteiger partial charge in [0, 0.05) is 0 Å². The number of piperidine rings is 1. The number of carbonyl (C=O) groups is 2. The Morgan fingerprint density at radius 1 is 1.14 bits per heavy atom. The predicted molar refractivity (Wildman–Crippen MR) is 135 cm³/mol. The number of esters is 2. The van der Waals surface area contributed by atoms with Gasteiger partial charge in [-0.05, 0) is 0 Å². The maximum absolute atomic E-state index is 13.6. The fourth-order valence-electron chi connectivity index (χ4n) is 7.15. The topological polar surface area (TPSA) is 67.9 Å². The second kappa shape index (κ2) is 8.51. The molecule has 35 heavy (non-hydrogen) atoms. The van der Waals surface area contributed by atoms with Crippen LogP contribution < -0.4 is 9.78 Å². The van der Waals surface area contributed by atoms with Crippen molar-refractivity contribution >= 4 is 37.0 Å². The SMILES string of the molecule is COC(=O)C1=C2Nc3ccccc3[C@@]23CCN2C[C@H]([C@H](C)OC(C)=O)[C@@H]1[C@@H]([Se]c1ccccc1)[C@H]23. The van der Waals surface area contributed by atoms with Gasteiger partial charge in [-0.2, -0.15) is 0 Å². The quantitative estimate of drug-likeness (QED) is 0.468. The van der Waals surface area contributed by atoms with Gasteiger partial charge < -0.3 is 0 Å². The number of hydrogen-bond donors (Lipinski definition) is 1. The first-order valence-electron chi connectivity index (χ1n) is 12.3. The Hall–Kier alpha value is -2.60. The van der Waals surface area contributed by atoms with Gasteiger partial charge in [0.25, 0.3) is 0 Å². The van der Waals surface area contributed by atoms with Crippen LogP contribution >= 0.6 is 0 Å². The zero-order valence-electron chi connectivity index (χ0n) is 20.2. The Labute approximate surface area is 212 Å². The van der Waals surface area contributed by atoms with Gasteiger partial charge in [-0.15, -0.1) is 0 Å². The van der Waals surface area contributed by atoms with Crippen molar-refractivity contribution < 1.29 is 19.1 Å². The van der Waals surface area contributed by atoms with Gasteiger partial charge in [0.2, 0.25) is 0 Å². The first kappa shape index (κ1) is 22.8. The molecule has 1 N–H and O–H groups in total. The fourth-order valence-corrected chi connectivity index (χ4v) is 10.6. The average molecular weight is 538 g/mol. The van der Waals surface area contributed by atoms with Crippen LogP contribution in [0.4, 0.5) is 5.69 Å². The fraction of sp³-hybridized carbons (Fsp3) is 0.429. The van der Waals surface area contributed by atoms with Crippen molar-refractivity contribution in [1.82, 2.24) is 4.90 Å². The molecule has 2 aromatic rings. The molecule has 6 atom stereocenters. The van der Waals surface area contributed by atoms with Crippen LogP contribution in [0.25, 0.3) is 0 Å². The van der Waals surface area contributed by atoms with Crippen molar-refractivity contribution in [2.45, 2.75) is 42.6 Å². The number of ether oxygens (including phenoxy) is 2. The molecule has 2 fully saturated rings. The van der Waals surface area contributed by atoms with E-state index in [1.165, 1.54) is 24.1 Å². The number of para-hydroxylation sites is 1. The van der Waals surface area contributed by atoms with Crippen molar-refractivity contribution in [3.8, 4) is 0 Å². The second-order valence-corrected chi connectivity index (χ2v) is 12.6. The molecule has 0 unspecified atom stereocenters. The molecule has 2 bridgehead atoms. The van der Waals surface area contributed by atoms with E-state index >= 15 is 0 Å². The van der Waals surface area contributed by atoms with Gasteiger partial charge in [-0.3, -0.25) is 0 Å². The number of rotatable bonds is 5. The molecule has 1 aliphatic carbocycles. The Morgan fingerprint density at radius 3 is 2.63 bits per heavy atom. The number of fused-ring (bicyclic) bond motifs is 2. The minimum absolute atomic E-state index is 0.00829. The van der Waals surface area contributed by atoms with Crippen LogP contribution in [-0.2, 0) is 24.5 Å². The second-order valence-electron chi connectivity index (χ2n) is 10.0. The number of carbonyl (C=O) groups excluding carboxylic acids is 2. The van der Waals surface area contributed by atoms with Gasteiger partial charge >= 0.3 is 212 Å². The van der Waals surface area contributed by atoms with Crippen LogP contribution in [-0.4, -0.2) is 64.1 Å². The molecule has 0 radical (unpaired) electrons. The van der Waals surface area contributed by atoms with Crippen LogP contribution in [0, 0.1) is 11.8 Å². The van der Waals surface area contributed by atoms with Crippen LogP contribution in [0.5, 0.6) is 0 Å². The summed E-state index contributed by atoms with van der Waals surface area (Å²) in [6, 6.07) is 19.4. The van der Waals surface area contributed by atoms with Crippen molar-refractivity contribution in [3.63, 3.8) is 0 Å². The van der Waals surface area contributed by atoms with E-state index in [9.17, 15) is 9.59 Å². The summed E-state index contributed by atoms with van der Waals surface area (Å²) >= 11 is 0.114. The molecule has 4 aliphatic rings. The molecule has 7 heteroatoms. The van der Waals surface area contributed by atoms with E-state index in [0.717, 1.165) is 36.5 Å². The first-order valence-corrected chi connectivity index (χ1v) is 14.1. The van der Waals surface area contributed by atoms with Crippen LogP contribution in [0.15, 0.2) is 65.9 Å². The third-order valence-corrected chi connectivity index (χ3v) is 11.2. The van der Waals surface area contributed by atoms with Crippen LogP contribution in [0.1, 0.15) is 25.8 Å². The molecule has 182 valence electrons. The summed E-state index contributed by atoms with van der Waals surface area (Å²) in [6.45, 7) is 5.20. The summed E-state index contributed by atoms with van der Waals surface area (Å²) in [7, 11) is 1.47. The van der Waals surface area contributed by atoms with Gasteiger partial charge in [-0.25, -0.2) is 0 Å². The van der Waals surface area contributed by atoms with Gasteiger partial charge in [-0.1, -0.05) is 0 Å². The Balaban J connectivity index is 1.58. The number of nitrogens with one attached hydrogen (secondary N) is 1. The van der Waals surface area contributed by atoms with Crippen LogP contribution in [0.2, 0.25) is 4.82 Å². The van der Waals surface area contributed by atoms with Gasteiger partial charge in [0.15, 0.2) is 0 Å². The van der Waals surface area contributed by atoms with E-state index in [2.05, 4.69) is 52.7 Å². The average Bonchev–Trinajstić information content (AvgIpc) is 3.41. The molecule has 0 saturated carbocycles. The van der Waals surface area contributed by atoms with E-state index in [1.54, 1.807) is 0 Å². The molecular weight excluding hydrogens is 507 g/mol. The summed E-state index contributed by atoms with van der Waals surface area (Å²) in [4.78, 5) is 28.4. The number of anilines is 1. The Bertz CT molecular complexity index is 1210. The predicted octanol–water partition coefficient (Wildman–Crippen LogP) is 2.88. The molecule has 3 aliphatic heterocycles. The maximum atomic E-state index is 13.6. The minimum atomic E-state index is -0.301. The molecular formula is C28H30N2O4Se. The van der Waals surface area contributed by atoms with E-state index in [-0.39, 0.29) is 61.1 Å². The van der Waals surface area contributed by atoms with Gasteiger partial charge in [0.05, 0.1) is 0 Å². The zero-order valence-corrected chi connectivity index (χ0v) is 21.9. The van der Waals surface area contributed by atoms with Crippen molar-refractivity contribution in [2.24, 2.45) is 11.8 Å². The molecule has 0 amide bonds. The zero-order chi connectivity index (χ0) is 24.3. The Morgan fingerprint density at radius 2 is 1.89 bits per heavy atom. The molecule has 1 spiro atoms. The van der Waals surface area contributed by atoms with E-state index < -0.39 is 0 Å². The van der Waals surface area contributed by atoms with E-state index in [0.29, 0.717) is 0 Å². The van der Waals surface area contributed by atoms with Crippen molar-refractivity contribution in [1.29, 1.82) is 0 Å². The van der Waals surface area contributed by atoms with Crippen molar-refractivity contribution in [3.05, 3.63) is 71.4 Å². The molecule has 2 aromatic carbocycles. The first-order chi connectivity index (χ1) is 17.0. The number of nitrogens with zero attached hydrogens (tertiary/aromatic N) is 1. The molecule has 3 heterocycles. The number of methoxy groups -OCH3 is 1. The van der Waals surface area contributed by atoms with Crippen molar-refractivity contribution in [2.75, 3.05) is 25.5 Å². The summed E-state index contributed by atoms with van der Waals surface area (Å²) in [5, 5.41) is 3.68. The Kier molecular flexibility index (Phi) is 5.55. The summed E-state index contributed by atoms with van der Waals surface area (Å²) in [5.74, 6) is -0.595. The summed E-state index contributed by atoms with van der Waals surface area (Å²) in [5.41, 5.74) is 3.92. The molecule has 6 rings (SSSR count). The molecule has 2 saturated heterocycles. The number of hydrogen-bond acceptors (Lipinski definition) is 6. The normalized spacial score (nSPS) is 31.3. The standard InChI is InChI=1S/C28H30N2O4Se/c1-16(34-17(2)31)19-15-30-14-13-28-20-11-7-8-12-21(20)29-25(28)23(27(32)33-3)22(19)24(26(28)30)35-18-9-5-4-6-10-18/h4-12,16,19,22,24,26,29H,13-15H2,1-3H3/t16-,19+,22-,24+,26-,28-/m0/s1. The van der Waals surface area contributed by atoms with Gasteiger partial charge in [0.1, 0.15) is 0 Å². The third kappa shape index (κ3) is 3.32. The number of benzene rings is 2. The molecule has 6 nitrogen and oxygen atoms in total. The summed E-state index contributed by atoms with van der Waals surface area (Å²) in [6.07, 6.45) is 0.657. The monoisotopic (exact) mass is 538 g/mol. The summed E-state index contributed by atoms with van der Waals surface area (Å²) < 4.78 is 12.5. The molecule has 0 aromatic heterocycles. The van der Waals surface area contributed by atoms with E-state index in [4.69, 9.17) is 9.47 Å². The van der Waals surface area contributed by atoms with E-state index in [1.807, 2.05) is 19.1 Å². The van der Waals surface area contributed by atoms with Crippen LogP contribution in [0.3, 0.4) is 0 Å².